The summed E-state index contributed by atoms with van der Waals surface area (Å²) in [5.74, 6) is -0.00844. The Morgan fingerprint density at radius 3 is 2.55 bits per heavy atom. The molecule has 2 aromatic carbocycles. The van der Waals surface area contributed by atoms with E-state index in [0.717, 1.165) is 45.2 Å². The molecule has 0 atom stereocenters. The van der Waals surface area contributed by atoms with E-state index in [1.54, 1.807) is 22.7 Å². The first-order valence-corrected chi connectivity index (χ1v) is 12.0. The molecular formula is C23H27ClN4OS2. The van der Waals surface area contributed by atoms with E-state index >= 15 is 0 Å². The molecular weight excluding hydrogens is 448 g/mol. The fourth-order valence-corrected chi connectivity index (χ4v) is 5.30. The largest absolute Gasteiger partial charge is 0.302 e. The standard InChI is InChI=1S/C23H26N4OS2.ClH/c1-5-26(6-2)11-12-27(22(28)17-8-9-18-20(13-17)29-14-24-18)23-25-21-16(4)15(3)7-10-19(21)30-23;/h7-10,13-14H,5-6,11-12H2,1-4H3;1H. The van der Waals surface area contributed by atoms with Gasteiger partial charge in [-0.1, -0.05) is 31.3 Å². The van der Waals surface area contributed by atoms with Crippen LogP contribution in [0.25, 0.3) is 20.4 Å². The molecule has 0 aliphatic carbocycles. The average molecular weight is 475 g/mol. The lowest BCUT2D eigenvalue weighted by molar-refractivity contribution is 0.0984. The molecule has 0 saturated carbocycles. The van der Waals surface area contributed by atoms with Gasteiger partial charge in [0, 0.05) is 18.7 Å². The molecule has 0 saturated heterocycles. The van der Waals surface area contributed by atoms with Gasteiger partial charge in [-0.3, -0.25) is 9.69 Å². The number of anilines is 1. The second-order valence-electron chi connectivity index (χ2n) is 7.37. The Bertz CT molecular complexity index is 1200. The predicted octanol–water partition coefficient (Wildman–Crippen LogP) is 5.93. The highest BCUT2D eigenvalue weighted by molar-refractivity contribution is 7.22. The number of aryl methyl sites for hydroxylation is 2. The van der Waals surface area contributed by atoms with Gasteiger partial charge in [0.05, 0.1) is 25.9 Å². The molecule has 1 amide bonds. The van der Waals surface area contributed by atoms with Gasteiger partial charge in [-0.05, 0) is 62.3 Å². The molecule has 0 radical (unpaired) electrons. The van der Waals surface area contributed by atoms with E-state index in [-0.39, 0.29) is 18.3 Å². The van der Waals surface area contributed by atoms with Gasteiger partial charge in [0.25, 0.3) is 5.91 Å². The molecule has 8 heteroatoms. The van der Waals surface area contributed by atoms with Gasteiger partial charge in [0.1, 0.15) is 0 Å². The van der Waals surface area contributed by atoms with Crippen molar-refractivity contribution in [2.24, 2.45) is 0 Å². The first kappa shape index (κ1) is 23.6. The van der Waals surface area contributed by atoms with E-state index in [0.29, 0.717) is 12.1 Å². The van der Waals surface area contributed by atoms with Crippen molar-refractivity contribution in [2.75, 3.05) is 31.1 Å². The van der Waals surface area contributed by atoms with Crippen molar-refractivity contribution >= 4 is 66.6 Å². The summed E-state index contributed by atoms with van der Waals surface area (Å²) in [4.78, 5) is 27.0. The Morgan fingerprint density at radius 1 is 1.03 bits per heavy atom. The van der Waals surface area contributed by atoms with Gasteiger partial charge in [0.15, 0.2) is 5.13 Å². The maximum absolute atomic E-state index is 13.6. The summed E-state index contributed by atoms with van der Waals surface area (Å²) >= 11 is 3.15. The van der Waals surface area contributed by atoms with Crippen molar-refractivity contribution in [3.63, 3.8) is 0 Å². The van der Waals surface area contributed by atoms with E-state index in [4.69, 9.17) is 4.98 Å². The van der Waals surface area contributed by atoms with Crippen molar-refractivity contribution < 1.29 is 4.79 Å². The van der Waals surface area contributed by atoms with Gasteiger partial charge < -0.3 is 4.90 Å². The van der Waals surface area contributed by atoms with Crippen LogP contribution in [0.3, 0.4) is 0 Å². The molecule has 0 spiro atoms. The van der Waals surface area contributed by atoms with Crippen LogP contribution < -0.4 is 4.90 Å². The van der Waals surface area contributed by atoms with Crippen molar-refractivity contribution in [2.45, 2.75) is 27.7 Å². The molecule has 0 unspecified atom stereocenters. The Morgan fingerprint density at radius 2 is 1.81 bits per heavy atom. The minimum Gasteiger partial charge on any atom is -0.302 e. The number of fused-ring (bicyclic) bond motifs is 2. The third kappa shape index (κ3) is 4.75. The van der Waals surface area contributed by atoms with Gasteiger partial charge in [-0.2, -0.15) is 0 Å². The summed E-state index contributed by atoms with van der Waals surface area (Å²) < 4.78 is 2.15. The molecule has 0 N–H and O–H groups in total. The highest BCUT2D eigenvalue weighted by atomic mass is 35.5. The number of amides is 1. The van der Waals surface area contributed by atoms with Crippen LogP contribution in [0, 0.1) is 13.8 Å². The number of carbonyl (C=O) groups excluding carboxylic acids is 1. The SMILES string of the molecule is CCN(CC)CCN(C(=O)c1ccc2ncsc2c1)c1nc2c(C)c(C)ccc2s1.Cl. The molecule has 0 aliphatic rings. The number of hydrogen-bond donors (Lipinski definition) is 0. The Kier molecular flexibility index (Phi) is 7.64. The fourth-order valence-electron chi connectivity index (χ4n) is 3.54. The highest BCUT2D eigenvalue weighted by Crippen LogP contribution is 2.33. The summed E-state index contributed by atoms with van der Waals surface area (Å²) in [6, 6.07) is 9.97. The first-order chi connectivity index (χ1) is 14.5. The molecule has 4 rings (SSSR count). The van der Waals surface area contributed by atoms with E-state index in [9.17, 15) is 4.79 Å². The number of carbonyl (C=O) groups is 1. The number of aromatic nitrogens is 2. The monoisotopic (exact) mass is 474 g/mol. The summed E-state index contributed by atoms with van der Waals surface area (Å²) in [7, 11) is 0. The zero-order chi connectivity index (χ0) is 21.3. The Labute approximate surface area is 197 Å². The van der Waals surface area contributed by atoms with Crippen LogP contribution in [0.2, 0.25) is 0 Å². The normalized spacial score (nSPS) is 11.3. The van der Waals surface area contributed by atoms with Gasteiger partial charge in [-0.25, -0.2) is 9.97 Å². The van der Waals surface area contributed by atoms with Crippen LogP contribution in [0.4, 0.5) is 5.13 Å². The number of rotatable bonds is 7. The molecule has 2 heterocycles. The number of benzene rings is 2. The molecule has 31 heavy (non-hydrogen) atoms. The summed E-state index contributed by atoms with van der Waals surface area (Å²) in [5, 5.41) is 0.764. The summed E-state index contributed by atoms with van der Waals surface area (Å²) in [6.45, 7) is 11.8. The summed E-state index contributed by atoms with van der Waals surface area (Å²) in [6.07, 6.45) is 0. The number of hydrogen-bond acceptors (Lipinski definition) is 6. The number of likely N-dealkylation sites (N-methyl/N-ethyl adjacent to an activating group) is 1. The summed E-state index contributed by atoms with van der Waals surface area (Å²) in [5.41, 5.74) is 6.81. The molecule has 164 valence electrons. The van der Waals surface area contributed by atoms with Crippen molar-refractivity contribution in [3.8, 4) is 0 Å². The molecule has 0 fully saturated rings. The maximum atomic E-state index is 13.6. The van der Waals surface area contributed by atoms with E-state index in [2.05, 4.69) is 49.7 Å². The Balaban J connectivity index is 0.00000272. The average Bonchev–Trinajstić information content (AvgIpc) is 3.40. The third-order valence-corrected chi connectivity index (χ3v) is 7.50. The highest BCUT2D eigenvalue weighted by Gasteiger charge is 2.23. The Hall–Kier alpha value is -2.06. The van der Waals surface area contributed by atoms with Crippen LogP contribution in [0.1, 0.15) is 35.3 Å². The second-order valence-corrected chi connectivity index (χ2v) is 9.26. The zero-order valence-corrected chi connectivity index (χ0v) is 20.7. The van der Waals surface area contributed by atoms with Crippen molar-refractivity contribution in [1.29, 1.82) is 0 Å². The second kappa shape index (κ2) is 10.0. The van der Waals surface area contributed by atoms with Gasteiger partial charge in [0.2, 0.25) is 0 Å². The van der Waals surface area contributed by atoms with E-state index < -0.39 is 0 Å². The van der Waals surface area contributed by atoms with Crippen LogP contribution in [0.5, 0.6) is 0 Å². The van der Waals surface area contributed by atoms with E-state index in [1.807, 2.05) is 28.6 Å². The van der Waals surface area contributed by atoms with E-state index in [1.165, 1.54) is 11.1 Å². The van der Waals surface area contributed by atoms with Crippen LogP contribution in [-0.2, 0) is 0 Å². The predicted molar refractivity (Wildman–Crippen MR) is 135 cm³/mol. The van der Waals surface area contributed by atoms with Gasteiger partial charge >= 0.3 is 0 Å². The zero-order valence-electron chi connectivity index (χ0n) is 18.2. The first-order valence-electron chi connectivity index (χ1n) is 10.3. The van der Waals surface area contributed by atoms with Crippen LogP contribution >= 0.6 is 35.1 Å². The van der Waals surface area contributed by atoms with Crippen molar-refractivity contribution in [3.05, 3.63) is 52.5 Å². The molecule has 0 aliphatic heterocycles. The minimum absolute atomic E-state index is 0. The molecule has 0 bridgehead atoms. The number of nitrogens with zero attached hydrogens (tertiary/aromatic N) is 4. The number of halogens is 1. The van der Waals surface area contributed by atoms with Crippen LogP contribution in [-0.4, -0.2) is 47.0 Å². The lowest BCUT2D eigenvalue weighted by Crippen LogP contribution is -2.38. The lowest BCUT2D eigenvalue weighted by atomic mass is 10.1. The minimum atomic E-state index is -0.00844. The fraction of sp³-hybridized carbons (Fsp3) is 0.348. The molecule has 4 aromatic rings. The quantitative estimate of drug-likeness (QED) is 0.333. The topological polar surface area (TPSA) is 49.3 Å². The molecule has 2 aromatic heterocycles. The molecule has 5 nitrogen and oxygen atoms in total. The lowest BCUT2D eigenvalue weighted by Gasteiger charge is -2.24. The van der Waals surface area contributed by atoms with Gasteiger partial charge in [-0.15, -0.1) is 23.7 Å². The smallest absolute Gasteiger partial charge is 0.260 e. The maximum Gasteiger partial charge on any atom is 0.260 e. The number of thiazole rings is 2. The van der Waals surface area contributed by atoms with Crippen LogP contribution in [0.15, 0.2) is 35.8 Å². The van der Waals surface area contributed by atoms with Crippen molar-refractivity contribution in [1.82, 2.24) is 14.9 Å². The third-order valence-electron chi connectivity index (χ3n) is 5.66.